The molecule has 324 valence electrons. The van der Waals surface area contributed by atoms with E-state index < -0.39 is 6.10 Å². The predicted molar refractivity (Wildman–Crippen MR) is 251 cm³/mol. The van der Waals surface area contributed by atoms with Crippen molar-refractivity contribution in [2.24, 2.45) is 0 Å². The van der Waals surface area contributed by atoms with Crippen LogP contribution in [0.2, 0.25) is 0 Å². The van der Waals surface area contributed by atoms with E-state index in [0.29, 0.717) is 13.0 Å². The lowest BCUT2D eigenvalue weighted by Crippen LogP contribution is -2.27. The van der Waals surface area contributed by atoms with Crippen LogP contribution in [-0.4, -0.2) is 37.0 Å². The first-order valence-electron chi connectivity index (χ1n) is 23.5. The fourth-order valence-corrected chi connectivity index (χ4v) is 6.17. The summed E-state index contributed by atoms with van der Waals surface area (Å²) in [5.74, 6) is -0.235. The third kappa shape index (κ3) is 47.3. The first kappa shape index (κ1) is 54.1. The van der Waals surface area contributed by atoms with Gasteiger partial charge in [-0.2, -0.15) is 0 Å². The molecule has 0 saturated carbocycles. The fourth-order valence-electron chi connectivity index (χ4n) is 6.17. The molecule has 0 aliphatic rings. The highest BCUT2D eigenvalue weighted by Crippen LogP contribution is 2.14. The molecule has 0 aliphatic carbocycles. The monoisotopic (exact) mass is 789 g/mol. The van der Waals surface area contributed by atoms with Gasteiger partial charge < -0.3 is 14.6 Å². The van der Waals surface area contributed by atoms with Crippen molar-refractivity contribution < 1.29 is 19.4 Å². The minimum atomic E-state index is -0.560. The van der Waals surface area contributed by atoms with Crippen LogP contribution in [0.5, 0.6) is 0 Å². The molecule has 1 unspecified atom stereocenters. The minimum Gasteiger partial charge on any atom is -0.457 e. The zero-order valence-electron chi connectivity index (χ0n) is 37.1. The van der Waals surface area contributed by atoms with Gasteiger partial charge in [0.05, 0.1) is 13.2 Å². The molecule has 0 rings (SSSR count). The molecule has 57 heavy (non-hydrogen) atoms. The van der Waals surface area contributed by atoms with Crippen LogP contribution in [0.25, 0.3) is 0 Å². The van der Waals surface area contributed by atoms with Crippen molar-refractivity contribution in [3.8, 4) is 0 Å². The van der Waals surface area contributed by atoms with E-state index in [4.69, 9.17) is 9.47 Å². The summed E-state index contributed by atoms with van der Waals surface area (Å²) in [6, 6.07) is 0. The number of carbonyl (C=O) groups excluding carboxylic acids is 1. The molecule has 0 radical (unpaired) electrons. The van der Waals surface area contributed by atoms with Gasteiger partial charge in [-0.3, -0.25) is 4.79 Å². The number of unbranched alkanes of at least 4 members (excludes halogenated alkanes) is 16. The minimum absolute atomic E-state index is 0.192. The van der Waals surface area contributed by atoms with Crippen LogP contribution in [-0.2, 0) is 14.3 Å². The van der Waals surface area contributed by atoms with Crippen LogP contribution in [0.1, 0.15) is 194 Å². The molecule has 1 N–H and O–H groups in total. The highest BCUT2D eigenvalue weighted by molar-refractivity contribution is 5.69. The van der Waals surface area contributed by atoms with Crippen molar-refractivity contribution >= 4 is 5.97 Å². The normalized spacial score (nSPS) is 13.4. The number of carbonyl (C=O) groups is 1. The van der Waals surface area contributed by atoms with Crippen LogP contribution in [0.15, 0.2) is 109 Å². The van der Waals surface area contributed by atoms with Gasteiger partial charge in [-0.25, -0.2) is 0 Å². The fraction of sp³-hybridized carbons (Fsp3) is 0.642. The van der Waals surface area contributed by atoms with Gasteiger partial charge in [-0.1, -0.05) is 200 Å². The smallest absolute Gasteiger partial charge is 0.306 e. The molecule has 0 aromatic carbocycles. The maximum Gasteiger partial charge on any atom is 0.306 e. The maximum atomic E-state index is 12.2. The molecule has 0 aromatic heterocycles. The molecule has 0 amide bonds. The topological polar surface area (TPSA) is 55.8 Å². The Labute approximate surface area is 353 Å². The lowest BCUT2D eigenvalue weighted by atomic mass is 10.0. The number of rotatable bonds is 42. The zero-order valence-corrected chi connectivity index (χ0v) is 37.1. The first-order chi connectivity index (χ1) is 28.2. The number of hydrogen-bond acceptors (Lipinski definition) is 4. The second-order valence-electron chi connectivity index (χ2n) is 15.1. The van der Waals surface area contributed by atoms with E-state index in [9.17, 15) is 9.90 Å². The van der Waals surface area contributed by atoms with Gasteiger partial charge >= 0.3 is 5.97 Å². The largest absolute Gasteiger partial charge is 0.457 e. The van der Waals surface area contributed by atoms with Crippen LogP contribution < -0.4 is 0 Å². The molecule has 0 fully saturated rings. The van der Waals surface area contributed by atoms with Crippen molar-refractivity contribution in [1.82, 2.24) is 0 Å². The summed E-state index contributed by atoms with van der Waals surface area (Å²) in [7, 11) is 0. The standard InChI is InChI=1S/C53H88O4/c1-3-5-7-9-11-13-15-17-19-21-23-24-25-26-27-28-29-31-33-35-37-39-41-43-45-47-49-56-51-52(50-54)57-53(55)48-46-44-42-40-38-36-34-32-30-22-20-18-16-14-12-10-8-6-4-2/h5-8,11-14,17-20,23-24,30,32,36,38,52,54H,3-4,9-10,15-16,21-22,25-29,31,33-35,37,39-51H2,1-2H3/b7-5-,8-6-,13-11-,14-12-,19-17-,20-18-,24-23-,32-30-,38-36-. The average molecular weight is 789 g/mol. The van der Waals surface area contributed by atoms with Gasteiger partial charge in [0.1, 0.15) is 6.10 Å². The lowest BCUT2D eigenvalue weighted by Gasteiger charge is -2.15. The van der Waals surface area contributed by atoms with E-state index in [1.54, 1.807) is 0 Å². The van der Waals surface area contributed by atoms with E-state index in [2.05, 4.69) is 123 Å². The summed E-state index contributed by atoms with van der Waals surface area (Å²) in [6.07, 6.45) is 71.6. The summed E-state index contributed by atoms with van der Waals surface area (Å²) in [5, 5.41) is 9.63. The summed E-state index contributed by atoms with van der Waals surface area (Å²) in [4.78, 5) is 12.2. The Morgan fingerprint density at radius 2 is 0.737 bits per heavy atom. The zero-order chi connectivity index (χ0) is 41.2. The van der Waals surface area contributed by atoms with E-state index in [1.807, 2.05) is 0 Å². The molecule has 0 spiro atoms. The number of aliphatic hydroxyl groups is 1. The maximum absolute atomic E-state index is 12.2. The second-order valence-corrected chi connectivity index (χ2v) is 15.1. The molecule has 0 bridgehead atoms. The molecule has 4 heteroatoms. The highest BCUT2D eigenvalue weighted by atomic mass is 16.6. The van der Waals surface area contributed by atoms with Gasteiger partial charge in [-0.05, 0) is 96.3 Å². The quantitative estimate of drug-likeness (QED) is 0.0380. The van der Waals surface area contributed by atoms with E-state index >= 15 is 0 Å². The second kappa shape index (κ2) is 49.2. The third-order valence-corrected chi connectivity index (χ3v) is 9.59. The summed E-state index contributed by atoms with van der Waals surface area (Å²) in [5.41, 5.74) is 0. The Hall–Kier alpha value is -2.95. The number of ether oxygens (including phenoxy) is 2. The number of aliphatic hydroxyl groups excluding tert-OH is 1. The molecule has 0 heterocycles. The summed E-state index contributed by atoms with van der Waals surface area (Å²) in [6.45, 7) is 5.07. The molecular weight excluding hydrogens is 701 g/mol. The van der Waals surface area contributed by atoms with Crippen LogP contribution in [0.4, 0.5) is 0 Å². The van der Waals surface area contributed by atoms with Crippen LogP contribution >= 0.6 is 0 Å². The van der Waals surface area contributed by atoms with Crippen molar-refractivity contribution in [2.45, 2.75) is 200 Å². The first-order valence-corrected chi connectivity index (χ1v) is 23.5. The van der Waals surface area contributed by atoms with Gasteiger partial charge in [0, 0.05) is 13.0 Å². The lowest BCUT2D eigenvalue weighted by molar-refractivity contribution is -0.154. The van der Waals surface area contributed by atoms with E-state index in [1.165, 1.54) is 83.5 Å². The Balaban J connectivity index is 3.50. The van der Waals surface area contributed by atoms with Crippen LogP contribution in [0.3, 0.4) is 0 Å². The van der Waals surface area contributed by atoms with Crippen LogP contribution in [0, 0.1) is 0 Å². The Morgan fingerprint density at radius 3 is 1.11 bits per heavy atom. The highest BCUT2D eigenvalue weighted by Gasteiger charge is 2.13. The molecular formula is C53H88O4. The molecule has 0 aliphatic heterocycles. The van der Waals surface area contributed by atoms with Crippen molar-refractivity contribution in [3.63, 3.8) is 0 Å². The molecule has 0 saturated heterocycles. The molecule has 4 nitrogen and oxygen atoms in total. The van der Waals surface area contributed by atoms with Gasteiger partial charge in [0.2, 0.25) is 0 Å². The molecule has 0 aromatic rings. The summed E-state index contributed by atoms with van der Waals surface area (Å²) < 4.78 is 11.2. The Morgan fingerprint density at radius 1 is 0.421 bits per heavy atom. The van der Waals surface area contributed by atoms with Crippen molar-refractivity contribution in [1.29, 1.82) is 0 Å². The van der Waals surface area contributed by atoms with Crippen molar-refractivity contribution in [2.75, 3.05) is 19.8 Å². The number of hydrogen-bond donors (Lipinski definition) is 1. The summed E-state index contributed by atoms with van der Waals surface area (Å²) >= 11 is 0. The number of allylic oxidation sites excluding steroid dienone is 18. The van der Waals surface area contributed by atoms with Gasteiger partial charge in [0.25, 0.3) is 0 Å². The predicted octanol–water partition coefficient (Wildman–Crippen LogP) is 15.9. The van der Waals surface area contributed by atoms with Gasteiger partial charge in [0.15, 0.2) is 0 Å². The van der Waals surface area contributed by atoms with Crippen molar-refractivity contribution in [3.05, 3.63) is 109 Å². The third-order valence-electron chi connectivity index (χ3n) is 9.59. The number of esters is 1. The van der Waals surface area contributed by atoms with E-state index in [0.717, 1.165) is 89.9 Å². The molecule has 1 atom stereocenters. The Kier molecular flexibility index (Phi) is 46.7. The average Bonchev–Trinajstić information content (AvgIpc) is 3.22. The Bertz CT molecular complexity index is 1100. The SMILES string of the molecule is CC/C=C\C/C=C\C/C=C\C/C=C\C/C=C\CCCCCC(=O)OC(CO)COCCCCCCCCCCCCCCC/C=C\C/C=C\C/C=C\C/C=C\CC. The van der Waals surface area contributed by atoms with E-state index in [-0.39, 0.29) is 19.2 Å². The van der Waals surface area contributed by atoms with Gasteiger partial charge in [-0.15, -0.1) is 0 Å².